The molecule has 1 heterocycles. The molecule has 1 N–H and O–H groups in total. The second-order valence-corrected chi connectivity index (χ2v) is 5.85. The third-order valence-corrected chi connectivity index (χ3v) is 4.23. The van der Waals surface area contributed by atoms with Gasteiger partial charge in [0.1, 0.15) is 5.82 Å². The van der Waals surface area contributed by atoms with Crippen LogP contribution in [0.1, 0.15) is 24.8 Å². The minimum absolute atomic E-state index is 0. The Morgan fingerprint density at radius 1 is 1.37 bits per heavy atom. The van der Waals surface area contributed by atoms with Crippen LogP contribution in [0.25, 0.3) is 0 Å². The lowest BCUT2D eigenvalue weighted by molar-refractivity contribution is 0.216. The predicted octanol–water partition coefficient (Wildman–Crippen LogP) is 3.58. The second kappa shape index (κ2) is 8.20. The van der Waals surface area contributed by atoms with Gasteiger partial charge in [-0.05, 0) is 73.0 Å². The fourth-order valence-electron chi connectivity index (χ4n) is 2.50. The van der Waals surface area contributed by atoms with Gasteiger partial charge < -0.3 is 5.32 Å². The summed E-state index contributed by atoms with van der Waals surface area (Å²) < 4.78 is 14.0. The molecule has 0 radical (unpaired) electrons. The molecule has 19 heavy (non-hydrogen) atoms. The Balaban J connectivity index is 0.00000180. The molecular weight excluding hydrogens is 331 g/mol. The van der Waals surface area contributed by atoms with Crippen LogP contribution in [0.4, 0.5) is 4.39 Å². The maximum absolute atomic E-state index is 13.5. The average Bonchev–Trinajstić information content (AvgIpc) is 2.62. The summed E-state index contributed by atoms with van der Waals surface area (Å²) in [6, 6.07) is 5.99. The van der Waals surface area contributed by atoms with Gasteiger partial charge in [-0.3, -0.25) is 4.90 Å². The molecule has 108 valence electrons. The monoisotopic (exact) mass is 350 g/mol. The topological polar surface area (TPSA) is 15.3 Å². The fourth-order valence-corrected chi connectivity index (χ4v) is 2.74. The minimum Gasteiger partial charge on any atom is -0.317 e. The first-order valence-electron chi connectivity index (χ1n) is 6.51. The molecule has 1 aromatic rings. The number of nitrogens with one attached hydrogen (secondary N) is 1. The van der Waals surface area contributed by atoms with E-state index in [1.165, 1.54) is 19.3 Å². The van der Waals surface area contributed by atoms with Crippen molar-refractivity contribution in [2.75, 3.05) is 20.1 Å². The molecule has 1 aliphatic heterocycles. The van der Waals surface area contributed by atoms with Crippen LogP contribution in [-0.4, -0.2) is 31.1 Å². The molecule has 0 amide bonds. The van der Waals surface area contributed by atoms with Gasteiger partial charge in [-0.25, -0.2) is 4.39 Å². The smallest absolute Gasteiger partial charge is 0.137 e. The van der Waals surface area contributed by atoms with Gasteiger partial charge in [0.2, 0.25) is 0 Å². The van der Waals surface area contributed by atoms with Crippen LogP contribution in [0.15, 0.2) is 22.7 Å². The highest BCUT2D eigenvalue weighted by atomic mass is 79.9. The van der Waals surface area contributed by atoms with E-state index in [-0.39, 0.29) is 18.2 Å². The van der Waals surface area contributed by atoms with Gasteiger partial charge in [-0.1, -0.05) is 6.07 Å². The lowest BCUT2D eigenvalue weighted by Gasteiger charge is -2.26. The van der Waals surface area contributed by atoms with Crippen molar-refractivity contribution in [3.63, 3.8) is 0 Å². The van der Waals surface area contributed by atoms with Crippen LogP contribution < -0.4 is 5.32 Å². The highest BCUT2D eigenvalue weighted by Gasteiger charge is 2.17. The molecule has 1 aromatic carbocycles. The predicted molar refractivity (Wildman–Crippen MR) is 83.3 cm³/mol. The van der Waals surface area contributed by atoms with Crippen LogP contribution in [0.3, 0.4) is 0 Å². The minimum atomic E-state index is -0.177. The number of hydrogen-bond acceptors (Lipinski definition) is 2. The van der Waals surface area contributed by atoms with Gasteiger partial charge in [-0.15, -0.1) is 12.4 Å². The normalized spacial score (nSPS) is 19.9. The Morgan fingerprint density at radius 2 is 2.16 bits per heavy atom. The summed E-state index contributed by atoms with van der Waals surface area (Å²) in [5, 5.41) is 3.42. The molecule has 2 rings (SSSR count). The second-order valence-electron chi connectivity index (χ2n) is 5.00. The zero-order chi connectivity index (χ0) is 13.0. The summed E-state index contributed by atoms with van der Waals surface area (Å²) in [7, 11) is 2.13. The highest BCUT2D eigenvalue weighted by molar-refractivity contribution is 9.10. The third kappa shape index (κ3) is 5.03. The van der Waals surface area contributed by atoms with E-state index in [0.29, 0.717) is 10.5 Å². The number of nitrogens with zero attached hydrogens (tertiary/aromatic N) is 1. The van der Waals surface area contributed by atoms with Gasteiger partial charge in [0.15, 0.2) is 0 Å². The molecule has 0 aliphatic carbocycles. The number of rotatable bonds is 3. The summed E-state index contributed by atoms with van der Waals surface area (Å²) in [4.78, 5) is 2.34. The van der Waals surface area contributed by atoms with Crippen molar-refractivity contribution < 1.29 is 4.39 Å². The summed E-state index contributed by atoms with van der Waals surface area (Å²) in [5.41, 5.74) is 1.04. The Bertz CT molecular complexity index is 395. The highest BCUT2D eigenvalue weighted by Crippen LogP contribution is 2.19. The van der Waals surface area contributed by atoms with Crippen LogP contribution in [0.5, 0.6) is 0 Å². The standard InChI is InChI=1S/C14H20BrFN2.ClH/c1-18(12-3-2-7-17-8-6-12)10-11-4-5-13(15)14(16)9-11;/h4-5,9,12,17H,2-3,6-8,10H2,1H3;1H. The quantitative estimate of drug-likeness (QED) is 0.895. The zero-order valence-electron chi connectivity index (χ0n) is 11.2. The van der Waals surface area contributed by atoms with Gasteiger partial charge in [0, 0.05) is 12.6 Å². The summed E-state index contributed by atoms with van der Waals surface area (Å²) in [6.07, 6.45) is 3.63. The van der Waals surface area contributed by atoms with Gasteiger partial charge in [-0.2, -0.15) is 0 Å². The number of hydrogen-bond donors (Lipinski definition) is 1. The van der Waals surface area contributed by atoms with Gasteiger partial charge in [0.05, 0.1) is 4.47 Å². The van der Waals surface area contributed by atoms with Crippen molar-refractivity contribution in [2.24, 2.45) is 0 Å². The number of benzene rings is 1. The van der Waals surface area contributed by atoms with Crippen molar-refractivity contribution in [1.29, 1.82) is 0 Å². The SMILES string of the molecule is CN(Cc1ccc(Br)c(F)c1)C1CCCNCC1.Cl. The first-order valence-corrected chi connectivity index (χ1v) is 7.31. The fraction of sp³-hybridized carbons (Fsp3) is 0.571. The van der Waals surface area contributed by atoms with Gasteiger partial charge in [0.25, 0.3) is 0 Å². The molecule has 0 spiro atoms. The van der Waals surface area contributed by atoms with Crippen molar-refractivity contribution in [3.05, 3.63) is 34.1 Å². The van der Waals surface area contributed by atoms with Crippen LogP contribution >= 0.6 is 28.3 Å². The molecule has 2 nitrogen and oxygen atoms in total. The van der Waals surface area contributed by atoms with E-state index >= 15 is 0 Å². The lowest BCUT2D eigenvalue weighted by Crippen LogP contribution is -2.32. The van der Waals surface area contributed by atoms with Crippen molar-refractivity contribution >= 4 is 28.3 Å². The zero-order valence-corrected chi connectivity index (χ0v) is 13.6. The molecular formula is C14H21BrClFN2. The number of halogens is 3. The molecule has 1 aliphatic rings. The Morgan fingerprint density at radius 3 is 2.89 bits per heavy atom. The van der Waals surface area contributed by atoms with Crippen molar-refractivity contribution in [1.82, 2.24) is 10.2 Å². The Kier molecular flexibility index (Phi) is 7.29. The lowest BCUT2D eigenvalue weighted by atomic mass is 10.1. The summed E-state index contributed by atoms with van der Waals surface area (Å²) in [6.45, 7) is 3.02. The Labute approximate surface area is 129 Å². The maximum atomic E-state index is 13.5. The summed E-state index contributed by atoms with van der Waals surface area (Å²) in [5.74, 6) is -0.177. The summed E-state index contributed by atoms with van der Waals surface area (Å²) >= 11 is 3.19. The molecule has 1 fully saturated rings. The van der Waals surface area contributed by atoms with Crippen LogP contribution in [-0.2, 0) is 6.54 Å². The van der Waals surface area contributed by atoms with Gasteiger partial charge >= 0.3 is 0 Å². The van der Waals surface area contributed by atoms with E-state index in [2.05, 4.69) is 33.2 Å². The molecule has 1 saturated heterocycles. The van der Waals surface area contributed by atoms with E-state index in [4.69, 9.17) is 0 Å². The third-order valence-electron chi connectivity index (χ3n) is 3.58. The van der Waals surface area contributed by atoms with Crippen molar-refractivity contribution in [2.45, 2.75) is 31.8 Å². The van der Waals surface area contributed by atoms with E-state index in [0.717, 1.165) is 25.2 Å². The first-order chi connectivity index (χ1) is 8.66. The van der Waals surface area contributed by atoms with E-state index < -0.39 is 0 Å². The molecule has 5 heteroatoms. The maximum Gasteiger partial charge on any atom is 0.137 e. The average molecular weight is 352 g/mol. The van der Waals surface area contributed by atoms with E-state index in [1.807, 2.05) is 6.07 Å². The van der Waals surface area contributed by atoms with E-state index in [9.17, 15) is 4.39 Å². The molecule has 1 atom stereocenters. The largest absolute Gasteiger partial charge is 0.317 e. The molecule has 0 aromatic heterocycles. The van der Waals surface area contributed by atoms with Crippen molar-refractivity contribution in [3.8, 4) is 0 Å². The Hall–Kier alpha value is -0.160. The van der Waals surface area contributed by atoms with E-state index in [1.54, 1.807) is 12.1 Å². The molecule has 0 bridgehead atoms. The molecule has 1 unspecified atom stereocenters. The first kappa shape index (κ1) is 16.9. The molecule has 0 saturated carbocycles. The van der Waals surface area contributed by atoms with Crippen LogP contribution in [0.2, 0.25) is 0 Å². The van der Waals surface area contributed by atoms with Crippen LogP contribution in [0, 0.1) is 5.82 Å².